The largest absolute Gasteiger partial charge is 0.268 e. The van der Waals surface area contributed by atoms with E-state index in [0.29, 0.717) is 0 Å². The number of hydrogen-bond donors (Lipinski definition) is 0. The van der Waals surface area contributed by atoms with Gasteiger partial charge in [-0.15, -0.1) is 0 Å². The Morgan fingerprint density at radius 3 is 1.13 bits per heavy atom. The summed E-state index contributed by atoms with van der Waals surface area (Å²) in [5.41, 5.74) is -2.83. The van der Waals surface area contributed by atoms with Crippen LogP contribution in [0.4, 0.5) is 8.78 Å². The molecule has 0 saturated heterocycles. The van der Waals surface area contributed by atoms with Gasteiger partial charge in [-0.1, -0.05) is 12.1 Å². The average molecular weight is 404 g/mol. The molecule has 2 heterocycles. The lowest BCUT2D eigenvalue weighted by Gasteiger charge is -1.99. The van der Waals surface area contributed by atoms with Crippen molar-refractivity contribution in [3.8, 4) is 11.4 Å². The van der Waals surface area contributed by atoms with Crippen LogP contribution in [-0.2, 0) is 0 Å². The van der Waals surface area contributed by atoms with E-state index >= 15 is 0 Å². The van der Waals surface area contributed by atoms with Gasteiger partial charge in [0.2, 0.25) is 0 Å². The molecule has 0 aliphatic carbocycles. The van der Waals surface area contributed by atoms with Crippen molar-refractivity contribution in [1.82, 2.24) is 9.13 Å². The van der Waals surface area contributed by atoms with E-state index in [1.807, 2.05) is 0 Å². The lowest BCUT2D eigenvalue weighted by atomic mass is 10.1. The second-order valence-corrected chi connectivity index (χ2v) is 6.79. The molecule has 30 heavy (non-hydrogen) atoms. The Morgan fingerprint density at radius 1 is 0.500 bits per heavy atom. The highest BCUT2D eigenvalue weighted by atomic mass is 19.1. The quantitative estimate of drug-likeness (QED) is 0.452. The fourth-order valence-electron chi connectivity index (χ4n) is 3.67. The molecule has 3 aromatic carbocycles. The fraction of sp³-hybridized carbons (Fsp3) is 0. The van der Waals surface area contributed by atoms with E-state index in [2.05, 4.69) is 0 Å². The third kappa shape index (κ3) is 2.40. The summed E-state index contributed by atoms with van der Waals surface area (Å²) in [5.74, 6) is -1.25. The van der Waals surface area contributed by atoms with E-state index in [-0.39, 0.29) is 32.9 Å². The van der Waals surface area contributed by atoms with Crippen LogP contribution in [0.2, 0.25) is 0 Å². The highest BCUT2D eigenvalue weighted by Gasteiger charge is 2.21. The van der Waals surface area contributed by atoms with Crippen molar-refractivity contribution >= 4 is 21.5 Å². The smallest absolute Gasteiger partial charge is 0.266 e. The number of rotatable bonds is 2. The van der Waals surface area contributed by atoms with Crippen LogP contribution in [0, 0.1) is 11.6 Å². The van der Waals surface area contributed by atoms with E-state index in [4.69, 9.17) is 0 Å². The minimum atomic E-state index is -0.729. The van der Waals surface area contributed by atoms with Gasteiger partial charge >= 0.3 is 0 Å². The Balaban J connectivity index is 1.86. The van der Waals surface area contributed by atoms with Crippen LogP contribution >= 0.6 is 0 Å². The summed E-state index contributed by atoms with van der Waals surface area (Å²) in [5, 5.41) is -0.258. The van der Waals surface area contributed by atoms with E-state index < -0.39 is 33.9 Å². The minimum absolute atomic E-state index is 0.0420. The molecule has 0 saturated carbocycles. The van der Waals surface area contributed by atoms with Crippen LogP contribution in [-0.4, -0.2) is 9.13 Å². The van der Waals surface area contributed by atoms with Gasteiger partial charge in [-0.2, -0.15) is 0 Å². The number of aromatic nitrogens is 2. The molecule has 5 aromatic rings. The summed E-state index contributed by atoms with van der Waals surface area (Å²) in [4.78, 5) is 51.3. The standard InChI is InChI=1S/C22H10F2N2O4/c23-11-3-1-5-13(7-11)25-19(27)15-9-17-18(10-16(15)20(25)28)22(30)26(21(17)29)14-6-2-4-12(24)8-14/h1-10H. The highest BCUT2D eigenvalue weighted by molar-refractivity contribution is 5.98. The summed E-state index contributed by atoms with van der Waals surface area (Å²) >= 11 is 0. The summed E-state index contributed by atoms with van der Waals surface area (Å²) in [7, 11) is 0. The maximum Gasteiger partial charge on any atom is 0.266 e. The number of nitrogens with zero attached hydrogens (tertiary/aromatic N) is 2. The van der Waals surface area contributed by atoms with Crippen LogP contribution in [0.15, 0.2) is 79.8 Å². The maximum absolute atomic E-state index is 13.6. The van der Waals surface area contributed by atoms with Crippen LogP contribution in [0.1, 0.15) is 0 Å². The Labute approximate surface area is 165 Å². The first-order valence-corrected chi connectivity index (χ1v) is 8.83. The molecule has 5 rings (SSSR count). The summed E-state index contributed by atoms with van der Waals surface area (Å²) in [6, 6.07) is 12.3. The zero-order valence-corrected chi connectivity index (χ0v) is 15.1. The Bertz CT molecular complexity index is 1500. The van der Waals surface area contributed by atoms with E-state index in [1.54, 1.807) is 0 Å². The van der Waals surface area contributed by atoms with Gasteiger partial charge in [0.15, 0.2) is 0 Å². The number of fused-ring (bicyclic) bond motifs is 2. The number of halogens is 2. The summed E-state index contributed by atoms with van der Waals surface area (Å²) in [6.07, 6.45) is 0. The lowest BCUT2D eigenvalue weighted by molar-refractivity contribution is 0.626. The zero-order chi connectivity index (χ0) is 21.2. The summed E-state index contributed by atoms with van der Waals surface area (Å²) in [6.45, 7) is 0. The summed E-state index contributed by atoms with van der Waals surface area (Å²) < 4.78 is 28.7. The van der Waals surface area contributed by atoms with E-state index in [1.165, 1.54) is 48.5 Å². The highest BCUT2D eigenvalue weighted by Crippen LogP contribution is 2.18. The second kappa shape index (κ2) is 6.15. The van der Waals surface area contributed by atoms with Crippen molar-refractivity contribution in [2.45, 2.75) is 0 Å². The molecule has 0 aliphatic heterocycles. The van der Waals surface area contributed by atoms with Crippen LogP contribution in [0.5, 0.6) is 0 Å². The second-order valence-electron chi connectivity index (χ2n) is 6.79. The molecule has 2 aromatic heterocycles. The van der Waals surface area contributed by atoms with Gasteiger partial charge in [-0.3, -0.25) is 19.2 Å². The first-order valence-electron chi connectivity index (χ1n) is 8.83. The van der Waals surface area contributed by atoms with Crippen LogP contribution in [0.25, 0.3) is 32.9 Å². The number of hydrogen-bond acceptors (Lipinski definition) is 4. The maximum atomic E-state index is 13.6. The zero-order valence-electron chi connectivity index (χ0n) is 15.1. The van der Waals surface area contributed by atoms with Crippen molar-refractivity contribution in [3.05, 3.63) is 114 Å². The normalized spacial score (nSPS) is 11.5. The fourth-order valence-corrected chi connectivity index (χ4v) is 3.67. The topological polar surface area (TPSA) is 78.1 Å². The first kappa shape index (κ1) is 17.9. The third-order valence-corrected chi connectivity index (χ3v) is 5.02. The molecule has 0 bridgehead atoms. The molecule has 6 nitrogen and oxygen atoms in total. The molecule has 0 atom stereocenters. The van der Waals surface area contributed by atoms with Crippen LogP contribution in [0.3, 0.4) is 0 Å². The van der Waals surface area contributed by atoms with Crippen molar-refractivity contribution in [2.75, 3.05) is 0 Å². The lowest BCUT2D eigenvalue weighted by Crippen LogP contribution is -2.24. The predicted octanol–water partition coefficient (Wildman–Crippen LogP) is 2.17. The molecule has 0 aliphatic rings. The van der Waals surface area contributed by atoms with E-state index in [9.17, 15) is 28.0 Å². The van der Waals surface area contributed by atoms with Gasteiger partial charge < -0.3 is 0 Å². The van der Waals surface area contributed by atoms with Crippen molar-refractivity contribution < 1.29 is 8.78 Å². The number of benzene rings is 3. The molecule has 0 N–H and O–H groups in total. The molecule has 0 spiro atoms. The van der Waals surface area contributed by atoms with Crippen molar-refractivity contribution in [2.24, 2.45) is 0 Å². The van der Waals surface area contributed by atoms with Gasteiger partial charge in [0.25, 0.3) is 22.2 Å². The van der Waals surface area contributed by atoms with Gasteiger partial charge in [-0.25, -0.2) is 17.9 Å². The Hall–Kier alpha value is -4.20. The molecule has 0 amide bonds. The van der Waals surface area contributed by atoms with Gasteiger partial charge in [0.05, 0.1) is 32.9 Å². The van der Waals surface area contributed by atoms with Gasteiger partial charge in [-0.05, 0) is 48.5 Å². The van der Waals surface area contributed by atoms with Gasteiger partial charge in [0, 0.05) is 0 Å². The molecular weight excluding hydrogens is 394 g/mol. The van der Waals surface area contributed by atoms with Crippen LogP contribution < -0.4 is 22.2 Å². The van der Waals surface area contributed by atoms with Gasteiger partial charge in [0.1, 0.15) is 11.6 Å². The SMILES string of the molecule is O=c1c2cc3c(=O)n(-c4cccc(F)c4)c(=O)c3cc2c(=O)n1-c1cccc(F)c1. The monoisotopic (exact) mass is 404 g/mol. The predicted molar refractivity (Wildman–Crippen MR) is 107 cm³/mol. The average Bonchev–Trinajstić information content (AvgIpc) is 3.11. The molecule has 146 valence electrons. The molecular formula is C22H10F2N2O4. The van der Waals surface area contributed by atoms with Crippen molar-refractivity contribution in [3.63, 3.8) is 0 Å². The molecule has 0 radical (unpaired) electrons. The Kier molecular flexibility index (Phi) is 3.66. The van der Waals surface area contributed by atoms with E-state index in [0.717, 1.165) is 21.3 Å². The first-order chi connectivity index (χ1) is 14.4. The minimum Gasteiger partial charge on any atom is -0.268 e. The molecule has 0 unspecified atom stereocenters. The molecule has 8 heteroatoms. The molecule has 0 fully saturated rings. The third-order valence-electron chi connectivity index (χ3n) is 5.02. The Morgan fingerprint density at radius 2 is 0.833 bits per heavy atom. The van der Waals surface area contributed by atoms with Crippen molar-refractivity contribution in [1.29, 1.82) is 0 Å².